The van der Waals surface area contributed by atoms with Crippen LogP contribution in [0.1, 0.15) is 16.8 Å². The quantitative estimate of drug-likeness (QED) is 0.771. The first-order chi connectivity index (χ1) is 12.8. The first-order valence-electron chi connectivity index (χ1n) is 8.82. The molecule has 5 heteroatoms. The molecule has 1 aromatic heterocycles. The van der Waals surface area contributed by atoms with Gasteiger partial charge in [-0.15, -0.1) is 0 Å². The lowest BCUT2D eigenvalue weighted by atomic mass is 10.0. The van der Waals surface area contributed by atoms with E-state index in [9.17, 15) is 4.79 Å². The SMILES string of the molecule is O=C(COCc1ccccc1)N1CCc2[nH]nc(-c3ccccc3)c2C1. The number of hydrogen-bond acceptors (Lipinski definition) is 3. The number of amides is 1. The van der Waals surface area contributed by atoms with E-state index in [1.54, 1.807) is 0 Å². The van der Waals surface area contributed by atoms with Crippen molar-refractivity contribution in [2.75, 3.05) is 13.2 Å². The Labute approximate surface area is 152 Å². The van der Waals surface area contributed by atoms with Crippen LogP contribution >= 0.6 is 0 Å². The van der Waals surface area contributed by atoms with Crippen LogP contribution in [0.25, 0.3) is 11.3 Å². The van der Waals surface area contributed by atoms with Gasteiger partial charge in [-0.05, 0) is 5.56 Å². The molecule has 26 heavy (non-hydrogen) atoms. The van der Waals surface area contributed by atoms with Crippen LogP contribution in [0.15, 0.2) is 60.7 Å². The van der Waals surface area contributed by atoms with Crippen LogP contribution in [0, 0.1) is 0 Å². The molecule has 1 aliphatic heterocycles. The Bertz CT molecular complexity index is 875. The van der Waals surface area contributed by atoms with E-state index in [-0.39, 0.29) is 12.5 Å². The monoisotopic (exact) mass is 347 g/mol. The average molecular weight is 347 g/mol. The van der Waals surface area contributed by atoms with Crippen molar-refractivity contribution in [1.82, 2.24) is 15.1 Å². The van der Waals surface area contributed by atoms with Crippen LogP contribution in [0.3, 0.4) is 0 Å². The van der Waals surface area contributed by atoms with Gasteiger partial charge in [0.15, 0.2) is 0 Å². The van der Waals surface area contributed by atoms with E-state index in [0.717, 1.165) is 34.5 Å². The molecule has 2 heterocycles. The Morgan fingerprint density at radius 1 is 1.08 bits per heavy atom. The maximum atomic E-state index is 12.5. The maximum absolute atomic E-state index is 12.5. The number of aromatic amines is 1. The van der Waals surface area contributed by atoms with Crippen molar-refractivity contribution in [2.24, 2.45) is 0 Å². The highest BCUT2D eigenvalue weighted by Gasteiger charge is 2.25. The highest BCUT2D eigenvalue weighted by Crippen LogP contribution is 2.28. The molecule has 0 radical (unpaired) electrons. The molecule has 1 N–H and O–H groups in total. The van der Waals surface area contributed by atoms with E-state index in [0.29, 0.717) is 19.7 Å². The Kier molecular flexibility index (Phi) is 4.80. The van der Waals surface area contributed by atoms with Crippen LogP contribution in [0.2, 0.25) is 0 Å². The molecule has 0 saturated heterocycles. The molecule has 1 aliphatic rings. The highest BCUT2D eigenvalue weighted by atomic mass is 16.5. The molecular formula is C21H21N3O2. The minimum atomic E-state index is 0.0202. The molecule has 0 saturated carbocycles. The third-order valence-corrected chi connectivity index (χ3v) is 4.67. The molecule has 2 aromatic carbocycles. The fourth-order valence-corrected chi connectivity index (χ4v) is 3.26. The summed E-state index contributed by atoms with van der Waals surface area (Å²) in [6, 6.07) is 20.0. The molecule has 5 nitrogen and oxygen atoms in total. The predicted molar refractivity (Wildman–Crippen MR) is 99.2 cm³/mol. The van der Waals surface area contributed by atoms with E-state index in [2.05, 4.69) is 10.2 Å². The van der Waals surface area contributed by atoms with E-state index < -0.39 is 0 Å². The second kappa shape index (κ2) is 7.54. The number of fused-ring (bicyclic) bond motifs is 1. The van der Waals surface area contributed by atoms with E-state index in [1.807, 2.05) is 65.6 Å². The van der Waals surface area contributed by atoms with Crippen LogP contribution in [-0.2, 0) is 29.1 Å². The van der Waals surface area contributed by atoms with Crippen molar-refractivity contribution in [3.63, 3.8) is 0 Å². The standard InChI is InChI=1S/C21H21N3O2/c25-20(15-26-14-16-7-3-1-4-8-16)24-12-11-19-18(13-24)21(23-22-19)17-9-5-2-6-10-17/h1-10H,11-15H2,(H,22,23). The molecule has 0 fully saturated rings. The Hall–Kier alpha value is -2.92. The van der Waals surface area contributed by atoms with Crippen LogP contribution in [0.5, 0.6) is 0 Å². The number of rotatable bonds is 5. The van der Waals surface area contributed by atoms with Gasteiger partial charge in [0, 0.05) is 36.3 Å². The molecule has 3 aromatic rings. The largest absolute Gasteiger partial charge is 0.367 e. The van der Waals surface area contributed by atoms with Gasteiger partial charge in [-0.2, -0.15) is 5.10 Å². The van der Waals surface area contributed by atoms with Crippen molar-refractivity contribution in [3.05, 3.63) is 77.5 Å². The van der Waals surface area contributed by atoms with Crippen LogP contribution in [0.4, 0.5) is 0 Å². The number of nitrogens with zero attached hydrogens (tertiary/aromatic N) is 2. The van der Waals surface area contributed by atoms with Crippen molar-refractivity contribution in [2.45, 2.75) is 19.6 Å². The van der Waals surface area contributed by atoms with Gasteiger partial charge in [-0.3, -0.25) is 9.89 Å². The Balaban J connectivity index is 1.40. The second-order valence-electron chi connectivity index (χ2n) is 6.44. The lowest BCUT2D eigenvalue weighted by molar-refractivity contribution is -0.137. The zero-order valence-corrected chi connectivity index (χ0v) is 14.5. The first-order valence-corrected chi connectivity index (χ1v) is 8.82. The van der Waals surface area contributed by atoms with Gasteiger partial charge in [0.2, 0.25) is 5.91 Å². The number of nitrogens with one attached hydrogen (secondary N) is 1. The minimum Gasteiger partial charge on any atom is -0.367 e. The summed E-state index contributed by atoms with van der Waals surface area (Å²) in [5.41, 5.74) is 5.31. The number of aromatic nitrogens is 2. The second-order valence-corrected chi connectivity index (χ2v) is 6.44. The Morgan fingerprint density at radius 3 is 2.58 bits per heavy atom. The lowest BCUT2D eigenvalue weighted by Crippen LogP contribution is -2.38. The normalized spacial score (nSPS) is 13.5. The zero-order valence-electron chi connectivity index (χ0n) is 14.5. The summed E-state index contributed by atoms with van der Waals surface area (Å²) in [5.74, 6) is 0.0202. The maximum Gasteiger partial charge on any atom is 0.248 e. The predicted octanol–water partition coefficient (Wildman–Crippen LogP) is 3.18. The molecular weight excluding hydrogens is 326 g/mol. The van der Waals surface area contributed by atoms with E-state index in [4.69, 9.17) is 4.74 Å². The molecule has 0 unspecified atom stereocenters. The molecule has 0 bridgehead atoms. The fourth-order valence-electron chi connectivity index (χ4n) is 3.26. The van der Waals surface area contributed by atoms with E-state index >= 15 is 0 Å². The smallest absolute Gasteiger partial charge is 0.248 e. The molecule has 0 spiro atoms. The van der Waals surface area contributed by atoms with Crippen molar-refractivity contribution in [1.29, 1.82) is 0 Å². The summed E-state index contributed by atoms with van der Waals surface area (Å²) < 4.78 is 5.60. The van der Waals surface area contributed by atoms with Crippen LogP contribution in [-0.4, -0.2) is 34.2 Å². The fraction of sp³-hybridized carbons (Fsp3) is 0.238. The van der Waals surface area contributed by atoms with Gasteiger partial charge >= 0.3 is 0 Å². The molecule has 0 aliphatic carbocycles. The number of carbonyl (C=O) groups excluding carboxylic acids is 1. The van der Waals surface area contributed by atoms with Gasteiger partial charge in [-0.25, -0.2) is 0 Å². The Morgan fingerprint density at radius 2 is 1.81 bits per heavy atom. The molecule has 1 amide bonds. The summed E-state index contributed by atoms with van der Waals surface area (Å²) in [7, 11) is 0. The van der Waals surface area contributed by atoms with E-state index in [1.165, 1.54) is 0 Å². The van der Waals surface area contributed by atoms with Crippen LogP contribution < -0.4 is 0 Å². The molecule has 132 valence electrons. The first kappa shape index (κ1) is 16.5. The number of benzene rings is 2. The number of H-pyrrole nitrogens is 1. The van der Waals surface area contributed by atoms with Gasteiger partial charge in [0.05, 0.1) is 12.3 Å². The number of hydrogen-bond donors (Lipinski definition) is 1. The third-order valence-electron chi connectivity index (χ3n) is 4.67. The van der Waals surface area contributed by atoms with Gasteiger partial charge in [-0.1, -0.05) is 60.7 Å². The van der Waals surface area contributed by atoms with Crippen molar-refractivity contribution in [3.8, 4) is 11.3 Å². The summed E-state index contributed by atoms with van der Waals surface area (Å²) in [5, 5.41) is 7.60. The third kappa shape index (κ3) is 3.53. The number of ether oxygens (including phenoxy) is 1. The average Bonchev–Trinajstić information content (AvgIpc) is 3.12. The number of carbonyl (C=O) groups is 1. The lowest BCUT2D eigenvalue weighted by Gasteiger charge is -2.27. The zero-order chi connectivity index (χ0) is 17.8. The summed E-state index contributed by atoms with van der Waals surface area (Å²) in [6.45, 7) is 1.82. The minimum absolute atomic E-state index is 0.0202. The summed E-state index contributed by atoms with van der Waals surface area (Å²) in [6.07, 6.45) is 0.791. The summed E-state index contributed by atoms with van der Waals surface area (Å²) >= 11 is 0. The van der Waals surface area contributed by atoms with Crippen molar-refractivity contribution >= 4 is 5.91 Å². The molecule has 0 atom stereocenters. The molecule has 4 rings (SSSR count). The van der Waals surface area contributed by atoms with Gasteiger partial charge in [0.25, 0.3) is 0 Å². The topological polar surface area (TPSA) is 58.2 Å². The summed E-state index contributed by atoms with van der Waals surface area (Å²) in [4.78, 5) is 14.4. The van der Waals surface area contributed by atoms with Gasteiger partial charge < -0.3 is 9.64 Å². The van der Waals surface area contributed by atoms with Crippen molar-refractivity contribution < 1.29 is 9.53 Å². The van der Waals surface area contributed by atoms with Gasteiger partial charge in [0.1, 0.15) is 6.61 Å². The highest BCUT2D eigenvalue weighted by molar-refractivity contribution is 5.78.